The monoisotopic (exact) mass is 491 g/mol. The molecule has 0 fully saturated rings. The molecule has 162 valence electrons. The Hall–Kier alpha value is -3.38. The molecule has 0 saturated carbocycles. The van der Waals surface area contributed by atoms with Crippen LogP contribution in [0.4, 0.5) is 0 Å². The number of nitrogens with zero attached hydrogens (tertiary/aromatic N) is 1. The van der Waals surface area contributed by atoms with Crippen molar-refractivity contribution in [2.45, 2.75) is 20.5 Å². The van der Waals surface area contributed by atoms with Gasteiger partial charge in [-0.3, -0.25) is 0 Å². The summed E-state index contributed by atoms with van der Waals surface area (Å²) in [6.07, 6.45) is 1.68. The molecule has 0 amide bonds. The number of benzene rings is 3. The lowest BCUT2D eigenvalue weighted by Crippen LogP contribution is -2.05. The quantitative estimate of drug-likeness (QED) is 0.296. The van der Waals surface area contributed by atoms with Gasteiger partial charge in [0.15, 0.2) is 17.2 Å². The van der Waals surface area contributed by atoms with Gasteiger partial charge < -0.3 is 14.2 Å². The summed E-state index contributed by atoms with van der Waals surface area (Å²) in [5.74, 6) is 1.05. The Morgan fingerprint density at radius 3 is 2.62 bits per heavy atom. The second-order valence-corrected chi connectivity index (χ2v) is 8.12. The zero-order valence-corrected chi connectivity index (χ0v) is 19.4. The van der Waals surface area contributed by atoms with E-state index < -0.39 is 5.97 Å². The zero-order valence-electron chi connectivity index (χ0n) is 17.8. The smallest absolute Gasteiger partial charge is 0.363 e. The van der Waals surface area contributed by atoms with Crippen LogP contribution in [0, 0.1) is 6.92 Å². The summed E-state index contributed by atoms with van der Waals surface area (Å²) < 4.78 is 18.0. The van der Waals surface area contributed by atoms with Crippen molar-refractivity contribution in [3.8, 4) is 11.5 Å². The number of aliphatic imine (C=N–C) groups is 1. The average Bonchev–Trinajstić information content (AvgIpc) is 3.15. The van der Waals surface area contributed by atoms with Crippen molar-refractivity contribution in [3.63, 3.8) is 0 Å². The number of hydrogen-bond donors (Lipinski definition) is 0. The van der Waals surface area contributed by atoms with Crippen LogP contribution in [0.2, 0.25) is 0 Å². The number of cyclic esters (lactones) is 1. The van der Waals surface area contributed by atoms with Crippen LogP contribution in [0.3, 0.4) is 0 Å². The van der Waals surface area contributed by atoms with Gasteiger partial charge in [-0.25, -0.2) is 9.79 Å². The largest absolute Gasteiger partial charge is 0.490 e. The van der Waals surface area contributed by atoms with Gasteiger partial charge in [0.2, 0.25) is 5.90 Å². The molecule has 6 heteroatoms. The number of halogens is 1. The maximum atomic E-state index is 12.3. The molecule has 0 aliphatic carbocycles. The Morgan fingerprint density at radius 2 is 1.84 bits per heavy atom. The number of esters is 1. The maximum absolute atomic E-state index is 12.3. The van der Waals surface area contributed by atoms with E-state index in [1.165, 1.54) is 5.56 Å². The van der Waals surface area contributed by atoms with Crippen LogP contribution < -0.4 is 9.47 Å². The van der Waals surface area contributed by atoms with Gasteiger partial charge in [-0.1, -0.05) is 52.3 Å². The molecule has 0 aromatic heterocycles. The lowest BCUT2D eigenvalue weighted by Gasteiger charge is -2.13. The molecule has 3 aromatic rings. The second kappa shape index (κ2) is 9.83. The molecule has 0 bridgehead atoms. The Morgan fingerprint density at radius 1 is 1.00 bits per heavy atom. The van der Waals surface area contributed by atoms with E-state index in [1.54, 1.807) is 6.08 Å². The van der Waals surface area contributed by atoms with Gasteiger partial charge in [-0.2, -0.15) is 0 Å². The van der Waals surface area contributed by atoms with Gasteiger partial charge in [-0.05, 0) is 66.9 Å². The van der Waals surface area contributed by atoms with E-state index in [-0.39, 0.29) is 11.6 Å². The standard InChI is InChI=1S/C26H22BrNO4/c1-3-30-24-14-18(11-12-23(24)31-16-20-8-5-4-7-17(20)2)13-22-26(29)32-25(28-22)19-9-6-10-21(27)15-19/h4-15H,3,16H2,1-2H3/b22-13-. The first kappa shape index (κ1) is 21.8. The summed E-state index contributed by atoms with van der Waals surface area (Å²) in [6, 6.07) is 21.1. The van der Waals surface area contributed by atoms with Gasteiger partial charge >= 0.3 is 5.97 Å². The summed E-state index contributed by atoms with van der Waals surface area (Å²) in [5.41, 5.74) is 4.01. The first-order valence-electron chi connectivity index (χ1n) is 10.3. The number of aryl methyl sites for hydroxylation is 1. The third-order valence-corrected chi connectivity index (χ3v) is 5.40. The highest BCUT2D eigenvalue weighted by atomic mass is 79.9. The van der Waals surface area contributed by atoms with Gasteiger partial charge in [-0.15, -0.1) is 0 Å². The Kier molecular flexibility index (Phi) is 6.71. The minimum absolute atomic E-state index is 0.232. The van der Waals surface area contributed by atoms with Crippen molar-refractivity contribution in [3.05, 3.63) is 99.2 Å². The lowest BCUT2D eigenvalue weighted by molar-refractivity contribution is -0.129. The minimum atomic E-state index is -0.488. The van der Waals surface area contributed by atoms with Crippen LogP contribution in [0.5, 0.6) is 11.5 Å². The van der Waals surface area contributed by atoms with Gasteiger partial charge in [0.05, 0.1) is 6.61 Å². The topological polar surface area (TPSA) is 57.1 Å². The predicted octanol–water partition coefficient (Wildman–Crippen LogP) is 6.08. The fourth-order valence-corrected chi connectivity index (χ4v) is 3.64. The molecule has 0 N–H and O–H groups in total. The molecule has 5 nitrogen and oxygen atoms in total. The molecule has 1 heterocycles. The van der Waals surface area contributed by atoms with E-state index >= 15 is 0 Å². The highest BCUT2D eigenvalue weighted by Crippen LogP contribution is 2.31. The molecule has 4 rings (SSSR count). The summed E-state index contributed by atoms with van der Waals surface area (Å²) >= 11 is 3.42. The highest BCUT2D eigenvalue weighted by Gasteiger charge is 2.24. The zero-order chi connectivity index (χ0) is 22.5. The molecule has 32 heavy (non-hydrogen) atoms. The van der Waals surface area contributed by atoms with Gasteiger partial charge in [0, 0.05) is 10.0 Å². The van der Waals surface area contributed by atoms with E-state index in [4.69, 9.17) is 14.2 Å². The molecule has 3 aromatic carbocycles. The van der Waals surface area contributed by atoms with E-state index in [9.17, 15) is 4.79 Å². The summed E-state index contributed by atoms with van der Waals surface area (Å²) in [5, 5.41) is 0. The number of rotatable bonds is 7. The van der Waals surface area contributed by atoms with E-state index in [1.807, 2.05) is 67.6 Å². The number of ether oxygens (including phenoxy) is 3. The van der Waals surface area contributed by atoms with Crippen molar-refractivity contribution in [2.24, 2.45) is 4.99 Å². The van der Waals surface area contributed by atoms with Crippen molar-refractivity contribution in [2.75, 3.05) is 6.61 Å². The lowest BCUT2D eigenvalue weighted by atomic mass is 10.1. The van der Waals surface area contributed by atoms with Crippen molar-refractivity contribution in [1.29, 1.82) is 0 Å². The van der Waals surface area contributed by atoms with Gasteiger partial charge in [0.25, 0.3) is 0 Å². The molecule has 0 saturated heterocycles. The van der Waals surface area contributed by atoms with E-state index in [2.05, 4.69) is 33.9 Å². The summed E-state index contributed by atoms with van der Waals surface area (Å²) in [6.45, 7) is 4.91. The molecule has 0 unspecified atom stereocenters. The first-order valence-corrected chi connectivity index (χ1v) is 11.1. The molecular formula is C26H22BrNO4. The van der Waals surface area contributed by atoms with Crippen LogP contribution in [0.15, 0.2) is 81.9 Å². The minimum Gasteiger partial charge on any atom is -0.490 e. The molecular weight excluding hydrogens is 470 g/mol. The second-order valence-electron chi connectivity index (χ2n) is 7.20. The summed E-state index contributed by atoms with van der Waals surface area (Å²) in [4.78, 5) is 16.7. The molecule has 1 aliphatic rings. The van der Waals surface area contributed by atoms with Crippen LogP contribution in [0.25, 0.3) is 6.08 Å². The molecule has 1 aliphatic heterocycles. The fourth-order valence-electron chi connectivity index (χ4n) is 3.24. The first-order chi connectivity index (χ1) is 15.5. The molecule has 0 atom stereocenters. The van der Waals surface area contributed by atoms with E-state index in [0.29, 0.717) is 24.7 Å². The predicted molar refractivity (Wildman–Crippen MR) is 128 cm³/mol. The van der Waals surface area contributed by atoms with Crippen LogP contribution in [-0.4, -0.2) is 18.5 Å². The third kappa shape index (κ3) is 5.08. The fraction of sp³-hybridized carbons (Fsp3) is 0.154. The Bertz CT molecular complexity index is 1220. The van der Waals surface area contributed by atoms with Crippen molar-refractivity contribution < 1.29 is 19.0 Å². The Balaban J connectivity index is 1.57. The van der Waals surface area contributed by atoms with Gasteiger partial charge in [0.1, 0.15) is 6.61 Å². The van der Waals surface area contributed by atoms with Crippen LogP contribution in [0.1, 0.15) is 29.2 Å². The maximum Gasteiger partial charge on any atom is 0.363 e. The molecule has 0 spiro atoms. The number of carbonyl (C=O) groups is 1. The molecule has 0 radical (unpaired) electrons. The average molecular weight is 492 g/mol. The van der Waals surface area contributed by atoms with Crippen molar-refractivity contribution >= 4 is 33.9 Å². The Labute approximate surface area is 195 Å². The SMILES string of the molecule is CCOc1cc(/C=C2\N=C(c3cccc(Br)c3)OC2=O)ccc1OCc1ccccc1C. The summed E-state index contributed by atoms with van der Waals surface area (Å²) in [7, 11) is 0. The highest BCUT2D eigenvalue weighted by molar-refractivity contribution is 9.10. The number of carbonyl (C=O) groups excluding carboxylic acids is 1. The number of hydrogen-bond acceptors (Lipinski definition) is 5. The van der Waals surface area contributed by atoms with E-state index in [0.717, 1.165) is 21.2 Å². The van der Waals surface area contributed by atoms with Crippen molar-refractivity contribution in [1.82, 2.24) is 0 Å². The van der Waals surface area contributed by atoms with Crippen LogP contribution >= 0.6 is 15.9 Å². The normalized spacial score (nSPS) is 14.3. The van der Waals surface area contributed by atoms with Crippen LogP contribution in [-0.2, 0) is 16.1 Å². The third-order valence-electron chi connectivity index (χ3n) is 4.91.